The molecule has 0 aliphatic rings. The smallest absolute Gasteiger partial charge is 0.0660 e. The Kier molecular flexibility index (Phi) is 8.02. The van der Waals surface area contributed by atoms with Gasteiger partial charge in [-0.2, -0.15) is 0 Å². The Labute approximate surface area is 92.5 Å². The zero-order chi connectivity index (χ0) is 11.5. The molecule has 0 radical (unpaired) electrons. The van der Waals surface area contributed by atoms with Gasteiger partial charge in [0.1, 0.15) is 0 Å². The molecule has 0 fully saturated rings. The molecule has 1 nitrogen and oxygen atoms in total. The summed E-state index contributed by atoms with van der Waals surface area (Å²) in [6.07, 6.45) is 10.8. The molecule has 0 aromatic rings. The van der Waals surface area contributed by atoms with E-state index in [1.165, 1.54) is 0 Å². The average Bonchev–Trinajstić information content (AvgIpc) is 2.29. The molecule has 0 aromatic carbocycles. The van der Waals surface area contributed by atoms with Crippen molar-refractivity contribution in [3.8, 4) is 0 Å². The first-order chi connectivity index (χ1) is 7.28. The lowest BCUT2D eigenvalue weighted by Crippen LogP contribution is -1.92. The third-order valence-corrected chi connectivity index (χ3v) is 1.82. The average molecular weight is 202 g/mol. The number of hydrogen-bond acceptors (Lipinski definition) is 1. The highest BCUT2D eigenvalue weighted by molar-refractivity contribution is 5.28. The van der Waals surface area contributed by atoms with Crippen molar-refractivity contribution < 1.29 is 4.74 Å². The minimum Gasteiger partial charge on any atom is -0.373 e. The fourth-order valence-electron chi connectivity index (χ4n) is 0.878. The largest absolute Gasteiger partial charge is 0.373 e. The molecular formula is C14H18O. The van der Waals surface area contributed by atoms with Gasteiger partial charge in [0.05, 0.1) is 13.2 Å². The van der Waals surface area contributed by atoms with E-state index in [2.05, 4.69) is 26.3 Å². The zero-order valence-corrected chi connectivity index (χ0v) is 9.11. The molecule has 15 heavy (non-hydrogen) atoms. The normalized spacial score (nSPS) is 8.53. The van der Waals surface area contributed by atoms with Gasteiger partial charge in [0, 0.05) is 0 Å². The van der Waals surface area contributed by atoms with Crippen LogP contribution in [-0.4, -0.2) is 13.2 Å². The minimum absolute atomic E-state index is 0.547. The predicted octanol–water partition coefficient (Wildman–Crippen LogP) is 3.60. The number of rotatable bonds is 8. The Morgan fingerprint density at radius 1 is 0.733 bits per heavy atom. The van der Waals surface area contributed by atoms with Crippen molar-refractivity contribution in [1.82, 2.24) is 0 Å². The van der Waals surface area contributed by atoms with Crippen LogP contribution in [0.3, 0.4) is 0 Å². The van der Waals surface area contributed by atoms with E-state index in [0.717, 1.165) is 11.1 Å². The molecule has 0 spiro atoms. The summed E-state index contributed by atoms with van der Waals surface area (Å²) in [7, 11) is 0. The van der Waals surface area contributed by atoms with Gasteiger partial charge in [-0.1, -0.05) is 62.8 Å². The van der Waals surface area contributed by atoms with Crippen molar-refractivity contribution >= 4 is 0 Å². The Morgan fingerprint density at radius 3 is 1.33 bits per heavy atom. The van der Waals surface area contributed by atoms with Crippen LogP contribution in [0, 0.1) is 0 Å². The molecule has 80 valence electrons. The Balaban J connectivity index is 3.89. The molecule has 0 aromatic heterocycles. The quantitative estimate of drug-likeness (QED) is 0.431. The molecule has 0 amide bonds. The summed E-state index contributed by atoms with van der Waals surface area (Å²) in [5, 5.41) is 0. The van der Waals surface area contributed by atoms with Crippen molar-refractivity contribution in [2.45, 2.75) is 0 Å². The van der Waals surface area contributed by atoms with E-state index >= 15 is 0 Å². The molecule has 0 saturated carbocycles. The first-order valence-electron chi connectivity index (χ1n) is 4.76. The van der Waals surface area contributed by atoms with Crippen LogP contribution in [0.25, 0.3) is 0 Å². The van der Waals surface area contributed by atoms with Gasteiger partial charge >= 0.3 is 0 Å². The molecule has 0 aliphatic carbocycles. The van der Waals surface area contributed by atoms with Crippen LogP contribution in [0.15, 0.2) is 73.9 Å². The van der Waals surface area contributed by atoms with Crippen LogP contribution in [0.2, 0.25) is 0 Å². The van der Waals surface area contributed by atoms with E-state index in [-0.39, 0.29) is 0 Å². The van der Waals surface area contributed by atoms with Gasteiger partial charge in [0.2, 0.25) is 0 Å². The van der Waals surface area contributed by atoms with Gasteiger partial charge in [0.25, 0.3) is 0 Å². The summed E-state index contributed by atoms with van der Waals surface area (Å²) in [6, 6.07) is 0. The second-order valence-corrected chi connectivity index (χ2v) is 2.76. The lowest BCUT2D eigenvalue weighted by molar-refractivity contribution is 0.193. The maximum absolute atomic E-state index is 5.36. The van der Waals surface area contributed by atoms with Gasteiger partial charge in [0.15, 0.2) is 0 Å². The lowest BCUT2D eigenvalue weighted by Gasteiger charge is -1.98. The topological polar surface area (TPSA) is 9.23 Å². The van der Waals surface area contributed by atoms with Crippen LogP contribution in [0.1, 0.15) is 0 Å². The maximum atomic E-state index is 5.36. The molecule has 0 atom stereocenters. The Bertz CT molecular complexity index is 242. The highest BCUT2D eigenvalue weighted by Gasteiger charge is 1.85. The minimum atomic E-state index is 0.547. The molecule has 0 aliphatic heterocycles. The monoisotopic (exact) mass is 202 g/mol. The van der Waals surface area contributed by atoms with E-state index in [0.29, 0.717) is 13.2 Å². The Hall–Kier alpha value is -1.60. The van der Waals surface area contributed by atoms with Crippen LogP contribution < -0.4 is 0 Å². The van der Waals surface area contributed by atoms with Crippen molar-refractivity contribution in [2.75, 3.05) is 13.2 Å². The summed E-state index contributed by atoms with van der Waals surface area (Å²) in [5.74, 6) is 0. The molecule has 0 N–H and O–H groups in total. The summed E-state index contributed by atoms with van der Waals surface area (Å²) < 4.78 is 5.36. The summed E-state index contributed by atoms with van der Waals surface area (Å²) in [5.41, 5.74) is 1.96. The van der Waals surface area contributed by atoms with Gasteiger partial charge in [-0.15, -0.1) is 0 Å². The van der Waals surface area contributed by atoms with Crippen LogP contribution in [0.5, 0.6) is 0 Å². The lowest BCUT2D eigenvalue weighted by atomic mass is 10.2. The number of ether oxygens (including phenoxy) is 1. The van der Waals surface area contributed by atoms with E-state index in [4.69, 9.17) is 4.74 Å². The molecule has 0 bridgehead atoms. The maximum Gasteiger partial charge on any atom is 0.0660 e. The highest BCUT2D eigenvalue weighted by atomic mass is 16.5. The summed E-state index contributed by atoms with van der Waals surface area (Å²) in [4.78, 5) is 0. The zero-order valence-electron chi connectivity index (χ0n) is 9.11. The van der Waals surface area contributed by atoms with E-state index < -0.39 is 0 Å². The SMILES string of the molecule is C=CC(C=C)=CCOCC=C(C=C)C=C. The molecule has 0 unspecified atom stereocenters. The van der Waals surface area contributed by atoms with Gasteiger partial charge in [-0.05, 0) is 11.1 Å². The van der Waals surface area contributed by atoms with Gasteiger partial charge in [-0.3, -0.25) is 0 Å². The van der Waals surface area contributed by atoms with Crippen molar-refractivity contribution in [3.05, 3.63) is 73.9 Å². The second-order valence-electron chi connectivity index (χ2n) is 2.76. The van der Waals surface area contributed by atoms with Crippen LogP contribution in [0.4, 0.5) is 0 Å². The van der Waals surface area contributed by atoms with E-state index in [1.54, 1.807) is 24.3 Å². The first kappa shape index (κ1) is 13.4. The summed E-state index contributed by atoms with van der Waals surface area (Å²) >= 11 is 0. The van der Waals surface area contributed by atoms with Crippen LogP contribution >= 0.6 is 0 Å². The molecule has 0 rings (SSSR count). The number of allylic oxidation sites excluding steroid dienone is 6. The summed E-state index contributed by atoms with van der Waals surface area (Å²) in [6.45, 7) is 15.7. The van der Waals surface area contributed by atoms with Crippen molar-refractivity contribution in [3.63, 3.8) is 0 Å². The first-order valence-corrected chi connectivity index (χ1v) is 4.76. The third-order valence-electron chi connectivity index (χ3n) is 1.82. The fraction of sp³-hybridized carbons (Fsp3) is 0.143. The van der Waals surface area contributed by atoms with Gasteiger partial charge in [-0.25, -0.2) is 0 Å². The number of hydrogen-bond donors (Lipinski definition) is 0. The molecule has 1 heteroatoms. The molecule has 0 heterocycles. The third kappa shape index (κ3) is 6.47. The van der Waals surface area contributed by atoms with Crippen molar-refractivity contribution in [1.29, 1.82) is 0 Å². The fourth-order valence-corrected chi connectivity index (χ4v) is 0.878. The van der Waals surface area contributed by atoms with Gasteiger partial charge < -0.3 is 4.74 Å². The van der Waals surface area contributed by atoms with Crippen LogP contribution in [-0.2, 0) is 4.74 Å². The van der Waals surface area contributed by atoms with E-state index in [1.807, 2.05) is 12.2 Å². The second kappa shape index (κ2) is 8.97. The molecular weight excluding hydrogens is 184 g/mol. The standard InChI is InChI=1S/C14H18O/c1-5-13(6-2)9-11-15-12-10-14(7-3)8-4/h5-10H,1-4,11-12H2. The molecule has 0 saturated heterocycles. The highest BCUT2D eigenvalue weighted by Crippen LogP contribution is 1.98. The predicted molar refractivity (Wildman–Crippen MR) is 67.8 cm³/mol. The van der Waals surface area contributed by atoms with Crippen molar-refractivity contribution in [2.24, 2.45) is 0 Å². The Morgan fingerprint density at radius 2 is 1.07 bits per heavy atom. The van der Waals surface area contributed by atoms with E-state index in [9.17, 15) is 0 Å².